The van der Waals surface area contributed by atoms with Crippen LogP contribution in [-0.4, -0.2) is 23.2 Å². The van der Waals surface area contributed by atoms with Crippen LogP contribution < -0.4 is 4.90 Å². The molecule has 0 N–H and O–H groups in total. The van der Waals surface area contributed by atoms with E-state index in [1.54, 1.807) is 0 Å². The number of hydrogen-bond donors (Lipinski definition) is 0. The number of nitrogens with zero attached hydrogens (tertiary/aromatic N) is 3. The fourth-order valence-corrected chi connectivity index (χ4v) is 3.38. The molecule has 0 radical (unpaired) electrons. The molecule has 4 nitrogen and oxygen atoms in total. The van der Waals surface area contributed by atoms with Gasteiger partial charge in [-0.25, -0.2) is 0 Å². The normalized spacial score (nSPS) is 24.5. The van der Waals surface area contributed by atoms with Crippen LogP contribution in [0.25, 0.3) is 0 Å². The first-order valence-electron chi connectivity index (χ1n) is 7.77. The standard InChI is InChI=1S/C17H21N3O/c1-17(2)11-20(10-14(17)12-6-4-3-5-7-12)16-18-15(21-19-16)13-8-9-13/h3-7,13-14H,8-11H2,1-2H3/t14-/m1/s1. The van der Waals surface area contributed by atoms with Crippen molar-refractivity contribution in [2.45, 2.75) is 38.5 Å². The molecule has 0 bridgehead atoms. The smallest absolute Gasteiger partial charge is 0.266 e. The molecule has 1 aliphatic heterocycles. The first kappa shape index (κ1) is 12.9. The van der Waals surface area contributed by atoms with Crippen LogP contribution in [0.2, 0.25) is 0 Å². The Bertz CT molecular complexity index is 630. The Morgan fingerprint density at radius 2 is 1.95 bits per heavy atom. The summed E-state index contributed by atoms with van der Waals surface area (Å²) in [4.78, 5) is 6.87. The monoisotopic (exact) mass is 283 g/mol. The number of aromatic nitrogens is 2. The van der Waals surface area contributed by atoms with Crippen LogP contribution in [0.4, 0.5) is 5.95 Å². The highest BCUT2D eigenvalue weighted by Gasteiger charge is 2.42. The van der Waals surface area contributed by atoms with Crippen LogP contribution in [0.5, 0.6) is 0 Å². The van der Waals surface area contributed by atoms with E-state index in [9.17, 15) is 0 Å². The van der Waals surface area contributed by atoms with Crippen molar-refractivity contribution in [3.05, 3.63) is 41.8 Å². The van der Waals surface area contributed by atoms with Crippen molar-refractivity contribution in [3.63, 3.8) is 0 Å². The SMILES string of the molecule is CC1(C)CN(c2noc(C3CC3)n2)C[C@@H]1c1ccccc1. The predicted octanol–water partition coefficient (Wildman–Crippen LogP) is 3.58. The van der Waals surface area contributed by atoms with E-state index in [1.807, 2.05) is 0 Å². The molecule has 0 amide bonds. The van der Waals surface area contributed by atoms with E-state index < -0.39 is 0 Å². The quantitative estimate of drug-likeness (QED) is 0.863. The molecule has 0 unspecified atom stereocenters. The minimum Gasteiger partial charge on any atom is -0.337 e. The van der Waals surface area contributed by atoms with Gasteiger partial charge in [-0.05, 0) is 29.0 Å². The van der Waals surface area contributed by atoms with E-state index in [1.165, 1.54) is 18.4 Å². The lowest BCUT2D eigenvalue weighted by molar-refractivity contribution is 0.364. The molecule has 1 aliphatic carbocycles. The van der Waals surface area contributed by atoms with E-state index in [-0.39, 0.29) is 5.41 Å². The van der Waals surface area contributed by atoms with Crippen LogP contribution in [0, 0.1) is 5.41 Å². The molecule has 4 heteroatoms. The largest absolute Gasteiger partial charge is 0.337 e. The predicted molar refractivity (Wildman–Crippen MR) is 81.5 cm³/mol. The highest BCUT2D eigenvalue weighted by atomic mass is 16.5. The molecule has 21 heavy (non-hydrogen) atoms. The highest BCUT2D eigenvalue weighted by Crippen LogP contribution is 2.44. The van der Waals surface area contributed by atoms with Gasteiger partial charge in [0.05, 0.1) is 0 Å². The van der Waals surface area contributed by atoms with E-state index in [0.29, 0.717) is 11.8 Å². The van der Waals surface area contributed by atoms with Crippen molar-refractivity contribution in [2.24, 2.45) is 5.41 Å². The average molecular weight is 283 g/mol. The van der Waals surface area contributed by atoms with Crippen LogP contribution in [0.15, 0.2) is 34.9 Å². The summed E-state index contributed by atoms with van der Waals surface area (Å²) in [6, 6.07) is 10.8. The van der Waals surface area contributed by atoms with Gasteiger partial charge in [-0.1, -0.05) is 44.2 Å². The number of rotatable bonds is 3. The van der Waals surface area contributed by atoms with Gasteiger partial charge >= 0.3 is 0 Å². The lowest BCUT2D eigenvalue weighted by atomic mass is 9.78. The molecule has 2 fully saturated rings. The molecule has 1 aromatic heterocycles. The lowest BCUT2D eigenvalue weighted by Crippen LogP contribution is -2.24. The maximum Gasteiger partial charge on any atom is 0.266 e. The Kier molecular flexibility index (Phi) is 2.81. The zero-order valence-corrected chi connectivity index (χ0v) is 12.6. The average Bonchev–Trinajstić information content (AvgIpc) is 3.11. The topological polar surface area (TPSA) is 42.2 Å². The first-order chi connectivity index (χ1) is 10.1. The molecular formula is C17H21N3O. The van der Waals surface area contributed by atoms with Crippen molar-refractivity contribution in [1.29, 1.82) is 0 Å². The second kappa shape index (κ2) is 4.58. The van der Waals surface area contributed by atoms with Crippen molar-refractivity contribution in [3.8, 4) is 0 Å². The molecule has 0 spiro atoms. The lowest BCUT2D eigenvalue weighted by Gasteiger charge is -2.25. The van der Waals surface area contributed by atoms with Crippen LogP contribution >= 0.6 is 0 Å². The molecule has 110 valence electrons. The van der Waals surface area contributed by atoms with E-state index in [0.717, 1.165) is 24.9 Å². The van der Waals surface area contributed by atoms with Gasteiger partial charge < -0.3 is 9.42 Å². The van der Waals surface area contributed by atoms with Crippen molar-refractivity contribution in [2.75, 3.05) is 18.0 Å². The van der Waals surface area contributed by atoms with Crippen molar-refractivity contribution >= 4 is 5.95 Å². The minimum atomic E-state index is 0.210. The third-order valence-corrected chi connectivity index (χ3v) is 4.79. The Morgan fingerprint density at radius 1 is 1.19 bits per heavy atom. The van der Waals surface area contributed by atoms with Gasteiger partial charge in [-0.15, -0.1) is 0 Å². The molecule has 2 aliphatic rings. The molecule has 4 rings (SSSR count). The summed E-state index contributed by atoms with van der Waals surface area (Å²) < 4.78 is 5.41. The Hall–Kier alpha value is -1.84. The summed E-state index contributed by atoms with van der Waals surface area (Å²) in [6.07, 6.45) is 2.39. The van der Waals surface area contributed by atoms with Gasteiger partial charge in [-0.2, -0.15) is 4.98 Å². The maximum atomic E-state index is 5.41. The number of benzene rings is 1. The molecule has 1 atom stereocenters. The summed E-state index contributed by atoms with van der Waals surface area (Å²) in [6.45, 7) is 6.58. The first-order valence-corrected chi connectivity index (χ1v) is 7.77. The Morgan fingerprint density at radius 3 is 2.67 bits per heavy atom. The van der Waals surface area contributed by atoms with Crippen LogP contribution in [-0.2, 0) is 0 Å². The fourth-order valence-electron chi connectivity index (χ4n) is 3.38. The maximum absolute atomic E-state index is 5.41. The van der Waals surface area contributed by atoms with Crippen molar-refractivity contribution < 1.29 is 4.52 Å². The molecule has 1 saturated carbocycles. The minimum absolute atomic E-state index is 0.210. The number of hydrogen-bond acceptors (Lipinski definition) is 4. The van der Waals surface area contributed by atoms with E-state index in [4.69, 9.17) is 4.52 Å². The summed E-state index contributed by atoms with van der Waals surface area (Å²) in [5, 5.41) is 4.19. The van der Waals surface area contributed by atoms with Gasteiger partial charge in [-0.3, -0.25) is 0 Å². The molecular weight excluding hydrogens is 262 g/mol. The summed E-state index contributed by atoms with van der Waals surface area (Å²) in [7, 11) is 0. The summed E-state index contributed by atoms with van der Waals surface area (Å²) >= 11 is 0. The fraction of sp³-hybridized carbons (Fsp3) is 0.529. The molecule has 2 aromatic rings. The van der Waals surface area contributed by atoms with Gasteiger partial charge in [0.15, 0.2) is 0 Å². The third-order valence-electron chi connectivity index (χ3n) is 4.79. The van der Waals surface area contributed by atoms with E-state index >= 15 is 0 Å². The zero-order chi connectivity index (χ0) is 14.4. The van der Waals surface area contributed by atoms with Gasteiger partial charge in [0.1, 0.15) is 0 Å². The number of anilines is 1. The Labute approximate surface area is 125 Å². The molecule has 1 aromatic carbocycles. The zero-order valence-electron chi connectivity index (χ0n) is 12.6. The van der Waals surface area contributed by atoms with Gasteiger partial charge in [0.2, 0.25) is 5.89 Å². The molecule has 1 saturated heterocycles. The second-order valence-electron chi connectivity index (χ2n) is 7.04. The van der Waals surface area contributed by atoms with Crippen molar-refractivity contribution in [1.82, 2.24) is 10.1 Å². The van der Waals surface area contributed by atoms with Crippen LogP contribution in [0.1, 0.15) is 50.0 Å². The Balaban J connectivity index is 1.58. The second-order valence-corrected chi connectivity index (χ2v) is 7.04. The summed E-state index contributed by atoms with van der Waals surface area (Å²) in [5.41, 5.74) is 1.61. The van der Waals surface area contributed by atoms with Gasteiger partial charge in [0.25, 0.3) is 5.95 Å². The van der Waals surface area contributed by atoms with Gasteiger partial charge in [0, 0.05) is 24.9 Å². The highest BCUT2D eigenvalue weighted by molar-refractivity contribution is 5.37. The third kappa shape index (κ3) is 2.33. The van der Waals surface area contributed by atoms with Crippen LogP contribution in [0.3, 0.4) is 0 Å². The summed E-state index contributed by atoms with van der Waals surface area (Å²) in [5.74, 6) is 2.61. The van der Waals surface area contributed by atoms with E-state index in [2.05, 4.69) is 59.2 Å². The molecule has 2 heterocycles.